The zero-order chi connectivity index (χ0) is 28.3. The van der Waals surface area contributed by atoms with E-state index in [1.165, 1.54) is 76.1 Å². The van der Waals surface area contributed by atoms with Crippen molar-refractivity contribution in [1.82, 2.24) is 4.98 Å². The molecular formula is C36H45NO2S. The molecule has 2 heterocycles. The van der Waals surface area contributed by atoms with Crippen LogP contribution in [-0.2, 0) is 0 Å². The van der Waals surface area contributed by atoms with E-state index >= 15 is 0 Å². The molecule has 212 valence electrons. The first-order chi connectivity index (χ1) is 19.5. The van der Waals surface area contributed by atoms with Gasteiger partial charge in [-0.2, -0.15) is 0 Å². The molecule has 0 aliphatic rings. The van der Waals surface area contributed by atoms with E-state index in [2.05, 4.69) is 87.3 Å². The lowest BCUT2D eigenvalue weighted by atomic mass is 9.96. The van der Waals surface area contributed by atoms with Crippen LogP contribution >= 0.6 is 11.3 Å². The molecule has 0 amide bonds. The van der Waals surface area contributed by atoms with Gasteiger partial charge in [-0.1, -0.05) is 64.5 Å². The van der Waals surface area contributed by atoms with Gasteiger partial charge >= 0.3 is 0 Å². The summed E-state index contributed by atoms with van der Waals surface area (Å²) < 4.78 is 12.2. The van der Waals surface area contributed by atoms with Crippen LogP contribution < -0.4 is 9.47 Å². The highest BCUT2D eigenvalue weighted by atomic mass is 32.1. The van der Waals surface area contributed by atoms with Gasteiger partial charge in [0.05, 0.1) is 13.2 Å². The molecule has 4 aromatic rings. The monoisotopic (exact) mass is 555 g/mol. The van der Waals surface area contributed by atoms with Gasteiger partial charge in [-0.15, -0.1) is 11.3 Å². The van der Waals surface area contributed by atoms with E-state index in [1.807, 2.05) is 24.5 Å². The van der Waals surface area contributed by atoms with Crippen LogP contribution in [0.2, 0.25) is 0 Å². The third kappa shape index (κ3) is 7.97. The van der Waals surface area contributed by atoms with Crippen LogP contribution in [0.3, 0.4) is 0 Å². The zero-order valence-corrected chi connectivity index (χ0v) is 25.8. The molecule has 4 rings (SSSR count). The van der Waals surface area contributed by atoms with Gasteiger partial charge < -0.3 is 9.47 Å². The Morgan fingerprint density at radius 2 is 1.23 bits per heavy atom. The first-order valence-corrected chi connectivity index (χ1v) is 15.9. The van der Waals surface area contributed by atoms with E-state index in [0.717, 1.165) is 48.8 Å². The highest BCUT2D eigenvalue weighted by molar-refractivity contribution is 7.19. The number of aryl methyl sites for hydroxylation is 3. The zero-order valence-electron chi connectivity index (χ0n) is 25.0. The summed E-state index contributed by atoms with van der Waals surface area (Å²) in [6.45, 7) is 12.4. The Kier molecular flexibility index (Phi) is 11.2. The van der Waals surface area contributed by atoms with Crippen LogP contribution in [0.1, 0.15) is 82.0 Å². The molecule has 2 aromatic heterocycles. The summed E-state index contributed by atoms with van der Waals surface area (Å²) in [7, 11) is 0. The van der Waals surface area contributed by atoms with E-state index in [-0.39, 0.29) is 0 Å². The highest BCUT2D eigenvalue weighted by Gasteiger charge is 2.18. The maximum atomic E-state index is 6.09. The molecule has 0 unspecified atom stereocenters. The molecule has 0 fully saturated rings. The molecule has 0 saturated carbocycles. The minimum atomic E-state index is 0.777. The average Bonchev–Trinajstić information content (AvgIpc) is 3.38. The minimum Gasteiger partial charge on any atom is -0.494 e. The molecule has 3 nitrogen and oxygen atoms in total. The van der Waals surface area contributed by atoms with Crippen molar-refractivity contribution < 1.29 is 9.47 Å². The number of hydrogen-bond donors (Lipinski definition) is 0. The van der Waals surface area contributed by atoms with Gasteiger partial charge in [-0.25, -0.2) is 0 Å². The largest absolute Gasteiger partial charge is 0.494 e. The molecular weight excluding hydrogens is 510 g/mol. The summed E-state index contributed by atoms with van der Waals surface area (Å²) in [5.41, 5.74) is 8.38. The van der Waals surface area contributed by atoms with Crippen LogP contribution in [0.5, 0.6) is 11.5 Å². The fourth-order valence-electron chi connectivity index (χ4n) is 4.99. The number of aromatic nitrogens is 1. The third-order valence-corrected chi connectivity index (χ3v) is 8.61. The van der Waals surface area contributed by atoms with E-state index in [0.29, 0.717) is 0 Å². The third-order valence-electron chi connectivity index (χ3n) is 7.39. The second-order valence-electron chi connectivity index (χ2n) is 10.8. The van der Waals surface area contributed by atoms with Gasteiger partial charge in [0, 0.05) is 32.8 Å². The second-order valence-corrected chi connectivity index (χ2v) is 11.9. The van der Waals surface area contributed by atoms with Crippen LogP contribution in [0.4, 0.5) is 0 Å². The molecule has 0 N–H and O–H groups in total. The first kappa shape index (κ1) is 29.9. The number of hydrogen-bond acceptors (Lipinski definition) is 4. The molecule has 0 spiro atoms. The van der Waals surface area contributed by atoms with E-state index in [4.69, 9.17) is 9.47 Å². The Balaban J connectivity index is 1.63. The SMILES string of the molecule is CCCCCCOc1ccc(-c2cc(-c3ccc(C)nc3)sc2-c2ccc(OCCCCCC)cc2C)c(C)c1. The van der Waals surface area contributed by atoms with Crippen LogP contribution in [-0.4, -0.2) is 18.2 Å². The van der Waals surface area contributed by atoms with Gasteiger partial charge in [0.25, 0.3) is 0 Å². The number of thiophene rings is 1. The molecule has 0 atom stereocenters. The minimum absolute atomic E-state index is 0.777. The van der Waals surface area contributed by atoms with Crippen molar-refractivity contribution in [3.8, 4) is 43.5 Å². The predicted octanol–water partition coefficient (Wildman–Crippen LogP) is 11.0. The van der Waals surface area contributed by atoms with Crippen molar-refractivity contribution >= 4 is 11.3 Å². The van der Waals surface area contributed by atoms with E-state index < -0.39 is 0 Å². The first-order valence-electron chi connectivity index (χ1n) is 15.0. The Hall–Kier alpha value is -3.11. The lowest BCUT2D eigenvalue weighted by Gasteiger charge is -2.13. The van der Waals surface area contributed by atoms with Gasteiger partial charge in [0.1, 0.15) is 11.5 Å². The summed E-state index contributed by atoms with van der Waals surface area (Å²) in [6, 6.07) is 19.7. The Labute approximate surface area is 245 Å². The van der Waals surface area contributed by atoms with Gasteiger partial charge in [-0.3, -0.25) is 4.98 Å². The molecule has 0 aliphatic heterocycles. The summed E-state index contributed by atoms with van der Waals surface area (Å²) in [6.07, 6.45) is 11.7. The number of rotatable bonds is 15. The Bertz CT molecular complexity index is 1270. The summed E-state index contributed by atoms with van der Waals surface area (Å²) >= 11 is 1.84. The smallest absolute Gasteiger partial charge is 0.119 e. The fourth-order valence-corrected chi connectivity index (χ4v) is 6.25. The summed E-state index contributed by atoms with van der Waals surface area (Å²) in [4.78, 5) is 7.07. The van der Waals surface area contributed by atoms with E-state index in [9.17, 15) is 0 Å². The Morgan fingerprint density at radius 1 is 0.625 bits per heavy atom. The molecule has 0 bridgehead atoms. The van der Waals surface area contributed by atoms with Crippen LogP contribution in [0, 0.1) is 20.8 Å². The number of nitrogens with zero attached hydrogens (tertiary/aromatic N) is 1. The predicted molar refractivity (Wildman–Crippen MR) is 172 cm³/mol. The van der Waals surface area contributed by atoms with Crippen molar-refractivity contribution in [3.05, 3.63) is 77.6 Å². The van der Waals surface area contributed by atoms with Gasteiger partial charge in [0.2, 0.25) is 0 Å². The van der Waals surface area contributed by atoms with Crippen LogP contribution in [0.25, 0.3) is 32.0 Å². The molecule has 0 saturated heterocycles. The second kappa shape index (κ2) is 15.0. The standard InChI is InChI=1S/C36H45NO2S/c1-6-8-10-12-20-38-30-16-18-32(26(3)22-30)34-24-35(29-15-14-28(5)37-25-29)40-36(34)33-19-17-31(23-27(33)4)39-21-13-11-9-7-2/h14-19,22-25H,6-13,20-21H2,1-5H3. The number of benzene rings is 2. The van der Waals surface area contributed by atoms with E-state index in [1.54, 1.807) is 0 Å². The summed E-state index contributed by atoms with van der Waals surface area (Å²) in [5.74, 6) is 1.91. The lowest BCUT2D eigenvalue weighted by molar-refractivity contribution is 0.305. The summed E-state index contributed by atoms with van der Waals surface area (Å²) in [5, 5.41) is 0. The Morgan fingerprint density at radius 3 is 1.75 bits per heavy atom. The normalized spacial score (nSPS) is 11.1. The highest BCUT2D eigenvalue weighted by Crippen LogP contribution is 2.46. The van der Waals surface area contributed by atoms with Crippen molar-refractivity contribution in [1.29, 1.82) is 0 Å². The van der Waals surface area contributed by atoms with Crippen molar-refractivity contribution in [3.63, 3.8) is 0 Å². The fraction of sp³-hybridized carbons (Fsp3) is 0.417. The molecule has 40 heavy (non-hydrogen) atoms. The molecule has 4 heteroatoms. The molecule has 0 radical (unpaired) electrons. The number of ether oxygens (including phenoxy) is 2. The average molecular weight is 556 g/mol. The van der Waals surface area contributed by atoms with Crippen molar-refractivity contribution in [2.24, 2.45) is 0 Å². The quantitative estimate of drug-likeness (QED) is 0.137. The van der Waals surface area contributed by atoms with Gasteiger partial charge in [-0.05, 0) is 98.3 Å². The number of pyridine rings is 1. The van der Waals surface area contributed by atoms with Gasteiger partial charge in [0.15, 0.2) is 0 Å². The maximum Gasteiger partial charge on any atom is 0.119 e. The molecule has 2 aromatic carbocycles. The maximum absolute atomic E-state index is 6.09. The van der Waals surface area contributed by atoms with Crippen molar-refractivity contribution in [2.45, 2.75) is 86.0 Å². The molecule has 0 aliphatic carbocycles. The topological polar surface area (TPSA) is 31.4 Å². The van der Waals surface area contributed by atoms with Crippen molar-refractivity contribution in [2.75, 3.05) is 13.2 Å². The lowest BCUT2D eigenvalue weighted by Crippen LogP contribution is -1.98. The van der Waals surface area contributed by atoms with Crippen LogP contribution in [0.15, 0.2) is 60.8 Å². The number of unbranched alkanes of at least 4 members (excludes halogenated alkanes) is 6.